The summed E-state index contributed by atoms with van der Waals surface area (Å²) < 4.78 is 20.6. The van der Waals surface area contributed by atoms with Gasteiger partial charge in [0, 0.05) is 19.1 Å². The molecule has 13 heavy (non-hydrogen) atoms. The molecule has 0 saturated heterocycles. The summed E-state index contributed by atoms with van der Waals surface area (Å²) in [5.41, 5.74) is 8.11. The van der Waals surface area contributed by atoms with Crippen LogP contribution in [0.25, 0.3) is 10.4 Å². The first kappa shape index (κ1) is 12.1. The highest BCUT2D eigenvalue weighted by Crippen LogP contribution is 2.52. The molecule has 0 aromatic rings. The molecule has 0 radical (unpaired) electrons. The number of hydrogen-bond donors (Lipinski definition) is 0. The molecule has 0 aliphatic heterocycles. The largest absolute Gasteiger partial charge is 0.346 e. The van der Waals surface area contributed by atoms with Crippen molar-refractivity contribution in [2.45, 2.75) is 12.7 Å². The number of rotatable bonds is 5. The molecule has 1 unspecified atom stereocenters. The van der Waals surface area contributed by atoms with Crippen molar-refractivity contribution in [3.8, 4) is 0 Å². The quantitative estimate of drug-likeness (QED) is 0.296. The molecule has 0 aromatic heterocycles. The van der Waals surface area contributed by atoms with Crippen LogP contribution in [0, 0.1) is 0 Å². The number of carbonyl (C=O) groups is 1. The van der Waals surface area contributed by atoms with Crippen LogP contribution < -0.4 is 0 Å². The van der Waals surface area contributed by atoms with Gasteiger partial charge >= 0.3 is 7.60 Å². The Morgan fingerprint density at radius 2 is 2.00 bits per heavy atom. The van der Waals surface area contributed by atoms with Crippen molar-refractivity contribution in [3.05, 3.63) is 10.4 Å². The molecular weight excluding hydrogens is 197 g/mol. The lowest BCUT2D eigenvalue weighted by molar-refractivity contribution is -0.116. The van der Waals surface area contributed by atoms with Gasteiger partial charge in [0.2, 0.25) is 0 Å². The van der Waals surface area contributed by atoms with Crippen LogP contribution in [0.15, 0.2) is 5.11 Å². The second kappa shape index (κ2) is 4.99. The molecule has 8 heteroatoms. The summed E-state index contributed by atoms with van der Waals surface area (Å²) in [7, 11) is -1.40. The Morgan fingerprint density at radius 3 is 2.23 bits per heavy atom. The van der Waals surface area contributed by atoms with E-state index in [-0.39, 0.29) is 0 Å². The first-order valence-electron chi connectivity index (χ1n) is 3.27. The van der Waals surface area contributed by atoms with E-state index in [2.05, 4.69) is 19.1 Å². The van der Waals surface area contributed by atoms with E-state index < -0.39 is 19.2 Å². The molecule has 7 nitrogen and oxygen atoms in total. The van der Waals surface area contributed by atoms with Gasteiger partial charge in [-0.2, -0.15) is 0 Å². The summed E-state index contributed by atoms with van der Waals surface area (Å²) in [6.45, 7) is 1.14. The Labute approximate surface area is 75.2 Å². The Bertz CT molecular complexity index is 276. The van der Waals surface area contributed by atoms with Crippen LogP contribution in [0.2, 0.25) is 0 Å². The fourth-order valence-electron chi connectivity index (χ4n) is 0.690. The maximum Gasteiger partial charge on any atom is 0.346 e. The van der Waals surface area contributed by atoms with E-state index in [1.807, 2.05) is 0 Å². The van der Waals surface area contributed by atoms with Crippen LogP contribution in [-0.2, 0) is 18.4 Å². The smallest absolute Gasteiger partial charge is 0.311 e. The Balaban J connectivity index is 5.02. The van der Waals surface area contributed by atoms with Gasteiger partial charge in [0.25, 0.3) is 0 Å². The molecule has 0 aromatic carbocycles. The van der Waals surface area contributed by atoms with Crippen LogP contribution in [0.3, 0.4) is 0 Å². The molecule has 0 rings (SSSR count). The molecule has 1 atom stereocenters. The first-order valence-corrected chi connectivity index (χ1v) is 4.89. The summed E-state index contributed by atoms with van der Waals surface area (Å²) in [5.74, 6) is -1.97. The topological polar surface area (TPSA) is 101 Å². The van der Waals surface area contributed by atoms with Crippen molar-refractivity contribution >= 4 is 13.4 Å². The minimum absolute atomic E-state index is 0.565. The standard InChI is InChI=1S/C5H10N3O4P/c1-4(9)5(7-8-6)13(10,11-2)12-3/h5H,1-3H3. The van der Waals surface area contributed by atoms with Gasteiger partial charge < -0.3 is 9.05 Å². The van der Waals surface area contributed by atoms with Crippen LogP contribution in [0.5, 0.6) is 0 Å². The highest BCUT2D eigenvalue weighted by atomic mass is 31.2. The molecule has 0 amide bonds. The molecule has 0 saturated carbocycles. The van der Waals surface area contributed by atoms with Gasteiger partial charge in [-0.25, -0.2) is 0 Å². The monoisotopic (exact) mass is 207 g/mol. The number of nitrogens with zero attached hydrogens (tertiary/aromatic N) is 3. The van der Waals surface area contributed by atoms with Crippen LogP contribution in [0.4, 0.5) is 0 Å². The zero-order valence-corrected chi connectivity index (χ0v) is 8.39. The average molecular weight is 207 g/mol. The van der Waals surface area contributed by atoms with Gasteiger partial charge in [-0.1, -0.05) is 5.11 Å². The lowest BCUT2D eigenvalue weighted by atomic mass is 10.5. The van der Waals surface area contributed by atoms with Crippen molar-refractivity contribution in [2.75, 3.05) is 14.2 Å². The van der Waals surface area contributed by atoms with Crippen molar-refractivity contribution in [2.24, 2.45) is 5.11 Å². The molecule has 0 bridgehead atoms. The number of carbonyl (C=O) groups excluding carboxylic acids is 1. The van der Waals surface area contributed by atoms with Gasteiger partial charge in [-0.3, -0.25) is 9.36 Å². The Kier molecular flexibility index (Phi) is 4.66. The Hall–Kier alpha value is -0.870. The molecular formula is C5H10N3O4P. The van der Waals surface area contributed by atoms with E-state index in [4.69, 9.17) is 5.53 Å². The number of ketones is 1. The van der Waals surface area contributed by atoms with Crippen molar-refractivity contribution in [1.29, 1.82) is 0 Å². The van der Waals surface area contributed by atoms with E-state index in [0.29, 0.717) is 0 Å². The Morgan fingerprint density at radius 1 is 1.54 bits per heavy atom. The molecule has 0 heterocycles. The normalized spacial score (nSPS) is 13.2. The predicted molar refractivity (Wildman–Crippen MR) is 45.2 cm³/mol. The van der Waals surface area contributed by atoms with Gasteiger partial charge in [0.1, 0.15) is 0 Å². The fourth-order valence-corrected chi connectivity index (χ4v) is 1.86. The summed E-state index contributed by atoms with van der Waals surface area (Å²) in [5, 5.41) is 3.06. The first-order chi connectivity index (χ1) is 6.01. The summed E-state index contributed by atoms with van der Waals surface area (Å²) in [6.07, 6.45) is 0. The van der Waals surface area contributed by atoms with E-state index in [9.17, 15) is 9.36 Å². The summed E-state index contributed by atoms with van der Waals surface area (Å²) in [6, 6.07) is 0. The highest BCUT2D eigenvalue weighted by molar-refractivity contribution is 7.55. The highest BCUT2D eigenvalue weighted by Gasteiger charge is 2.36. The summed E-state index contributed by atoms with van der Waals surface area (Å²) in [4.78, 5) is 13.3. The second-order valence-corrected chi connectivity index (χ2v) is 4.39. The van der Waals surface area contributed by atoms with Crippen molar-refractivity contribution in [1.82, 2.24) is 0 Å². The van der Waals surface area contributed by atoms with E-state index >= 15 is 0 Å². The summed E-state index contributed by atoms with van der Waals surface area (Å²) >= 11 is 0. The van der Waals surface area contributed by atoms with E-state index in [1.165, 1.54) is 0 Å². The molecule has 0 aliphatic carbocycles. The minimum atomic E-state index is -3.63. The third-order valence-corrected chi connectivity index (χ3v) is 3.42. The average Bonchev–Trinajstić information content (AvgIpc) is 2.12. The number of azide groups is 1. The van der Waals surface area contributed by atoms with Crippen LogP contribution in [-0.4, -0.2) is 25.8 Å². The van der Waals surface area contributed by atoms with Gasteiger partial charge in [0.05, 0.1) is 0 Å². The molecule has 0 spiro atoms. The number of hydrogen-bond acceptors (Lipinski definition) is 5. The third-order valence-electron chi connectivity index (χ3n) is 1.33. The van der Waals surface area contributed by atoms with E-state index in [0.717, 1.165) is 21.1 Å². The number of Topliss-reactive ketones (excluding diaryl/α,β-unsaturated/α-hetero) is 1. The second-order valence-electron chi connectivity index (χ2n) is 2.09. The van der Waals surface area contributed by atoms with E-state index in [1.54, 1.807) is 0 Å². The molecule has 74 valence electrons. The van der Waals surface area contributed by atoms with Crippen LogP contribution in [0.1, 0.15) is 6.92 Å². The van der Waals surface area contributed by atoms with Crippen LogP contribution >= 0.6 is 7.60 Å². The van der Waals surface area contributed by atoms with Crippen molar-refractivity contribution < 1.29 is 18.4 Å². The zero-order valence-electron chi connectivity index (χ0n) is 7.50. The maximum absolute atomic E-state index is 11.6. The lowest BCUT2D eigenvalue weighted by Crippen LogP contribution is -2.16. The van der Waals surface area contributed by atoms with Gasteiger partial charge in [-0.15, -0.1) is 0 Å². The molecule has 0 N–H and O–H groups in total. The molecule has 0 aliphatic rings. The lowest BCUT2D eigenvalue weighted by Gasteiger charge is -2.17. The molecule has 0 fully saturated rings. The maximum atomic E-state index is 11.6. The minimum Gasteiger partial charge on any atom is -0.311 e. The third kappa shape index (κ3) is 2.82. The zero-order chi connectivity index (χ0) is 10.5. The van der Waals surface area contributed by atoms with Gasteiger partial charge in [-0.05, 0) is 12.5 Å². The van der Waals surface area contributed by atoms with Gasteiger partial charge in [0.15, 0.2) is 11.6 Å². The fraction of sp³-hybridized carbons (Fsp3) is 0.800. The predicted octanol–water partition coefficient (Wildman–Crippen LogP) is 1.70. The van der Waals surface area contributed by atoms with Crippen molar-refractivity contribution in [3.63, 3.8) is 0 Å². The SMILES string of the molecule is COP(=O)(OC)C(N=[N+]=[N-])C(C)=O.